The Morgan fingerprint density at radius 1 is 1.10 bits per heavy atom. The highest BCUT2D eigenvalue weighted by Crippen LogP contribution is 2.24. The Morgan fingerprint density at radius 2 is 1.71 bits per heavy atom. The van der Waals surface area contributed by atoms with Crippen LogP contribution in [0.15, 0.2) is 59.2 Å². The van der Waals surface area contributed by atoms with E-state index in [9.17, 15) is 4.39 Å². The first-order valence-electron chi connectivity index (χ1n) is 9.06. The molecule has 3 aromatic rings. The third-order valence-corrected chi connectivity index (χ3v) is 4.59. The normalized spacial score (nSPS) is 10.2. The number of halogens is 2. The van der Waals surface area contributed by atoms with Crippen LogP contribution in [0.25, 0.3) is 11.3 Å². The summed E-state index contributed by atoms with van der Waals surface area (Å²) in [6, 6.07) is 14.6. The van der Waals surface area contributed by atoms with Gasteiger partial charge in [0, 0.05) is 30.2 Å². The number of nitrogens with one attached hydrogen (secondary N) is 1. The summed E-state index contributed by atoms with van der Waals surface area (Å²) in [6.45, 7) is 1.89. The molecule has 1 aromatic heterocycles. The quantitative estimate of drug-likeness (QED) is 0.428. The summed E-state index contributed by atoms with van der Waals surface area (Å²) < 4.78 is 21.5. The summed E-state index contributed by atoms with van der Waals surface area (Å²) in [5, 5.41) is 18.1. The number of nitrogens with zero attached hydrogens (tertiary/aromatic N) is 2. The predicted molar refractivity (Wildman–Crippen MR) is 116 cm³/mol. The van der Waals surface area contributed by atoms with E-state index < -0.39 is 11.9 Å². The first-order chi connectivity index (χ1) is 14.8. The van der Waals surface area contributed by atoms with E-state index in [4.69, 9.17) is 24.5 Å². The summed E-state index contributed by atoms with van der Waals surface area (Å²) >= 11 is 3.44. The second kappa shape index (κ2) is 11.8. The number of aromatic nitrogens is 2. The molecule has 0 fully saturated rings. The van der Waals surface area contributed by atoms with Gasteiger partial charge in [0.05, 0.1) is 18.5 Å². The van der Waals surface area contributed by atoms with Gasteiger partial charge in [-0.05, 0) is 42.0 Å². The minimum Gasteiger partial charge on any atom is -0.473 e. The molecule has 3 N–H and O–H groups in total. The van der Waals surface area contributed by atoms with Gasteiger partial charge in [-0.1, -0.05) is 28.1 Å². The van der Waals surface area contributed by atoms with Gasteiger partial charge in [-0.2, -0.15) is 0 Å². The van der Waals surface area contributed by atoms with Crippen molar-refractivity contribution in [3.05, 3.63) is 70.6 Å². The molecule has 0 saturated heterocycles. The van der Waals surface area contributed by atoms with Crippen molar-refractivity contribution in [2.24, 2.45) is 0 Å². The summed E-state index contributed by atoms with van der Waals surface area (Å²) in [4.78, 5) is 22.7. The van der Waals surface area contributed by atoms with E-state index in [0.717, 1.165) is 27.2 Å². The van der Waals surface area contributed by atoms with Crippen LogP contribution >= 0.6 is 15.9 Å². The van der Waals surface area contributed by atoms with E-state index in [2.05, 4.69) is 42.9 Å². The Balaban J connectivity index is 0.000000501. The van der Waals surface area contributed by atoms with Gasteiger partial charge in [0.2, 0.25) is 5.95 Å². The maximum atomic E-state index is 13.2. The number of imidazole rings is 1. The molecule has 0 atom stereocenters. The number of carboxylic acids is 2. The summed E-state index contributed by atoms with van der Waals surface area (Å²) in [5.74, 6) is -3.13. The number of benzene rings is 2. The Morgan fingerprint density at radius 3 is 2.26 bits per heavy atom. The average molecular weight is 494 g/mol. The molecule has 8 nitrogen and oxygen atoms in total. The first kappa shape index (κ1) is 24.0. The van der Waals surface area contributed by atoms with Crippen LogP contribution in [0, 0.1) is 5.82 Å². The standard InChI is InChI=1S/C19H19BrFN3O.C2H2O4/c1-25-11-10-24-18(15-4-8-17(21)9-5-15)13-23-19(24)22-12-14-2-6-16(20)7-3-14;3-1(4)2(5)6/h2-9,13H,10-12H2,1H3,(H,22,23);(H,3,4)(H,5,6). The van der Waals surface area contributed by atoms with Crippen LogP contribution in [0.5, 0.6) is 0 Å². The number of carbonyl (C=O) groups is 2. The topological polar surface area (TPSA) is 114 Å². The molecule has 164 valence electrons. The van der Waals surface area contributed by atoms with Crippen molar-refractivity contribution in [3.8, 4) is 11.3 Å². The van der Waals surface area contributed by atoms with Gasteiger partial charge >= 0.3 is 11.9 Å². The van der Waals surface area contributed by atoms with Crippen LogP contribution in [0.1, 0.15) is 5.56 Å². The number of hydrogen-bond donors (Lipinski definition) is 3. The van der Waals surface area contributed by atoms with Crippen molar-refractivity contribution in [2.45, 2.75) is 13.1 Å². The Kier molecular flexibility index (Phi) is 9.16. The van der Waals surface area contributed by atoms with E-state index in [1.807, 2.05) is 12.1 Å². The number of methoxy groups -OCH3 is 1. The third kappa shape index (κ3) is 7.50. The fourth-order valence-electron chi connectivity index (χ4n) is 2.56. The Bertz CT molecular complexity index is 995. The minimum atomic E-state index is -1.82. The van der Waals surface area contributed by atoms with Crippen molar-refractivity contribution < 1.29 is 28.9 Å². The smallest absolute Gasteiger partial charge is 0.414 e. The number of hydrogen-bond acceptors (Lipinski definition) is 5. The fraction of sp³-hybridized carbons (Fsp3) is 0.190. The monoisotopic (exact) mass is 493 g/mol. The zero-order valence-electron chi connectivity index (χ0n) is 16.6. The van der Waals surface area contributed by atoms with Gasteiger partial charge in [0.15, 0.2) is 0 Å². The number of ether oxygens (including phenoxy) is 1. The molecule has 1 heterocycles. The molecule has 0 aliphatic heterocycles. The number of carboxylic acid groups (broad SMARTS) is 2. The van der Waals surface area contributed by atoms with E-state index in [1.54, 1.807) is 25.4 Å². The largest absolute Gasteiger partial charge is 0.473 e. The maximum absolute atomic E-state index is 13.2. The van der Waals surface area contributed by atoms with Gasteiger partial charge in [-0.25, -0.2) is 19.0 Å². The van der Waals surface area contributed by atoms with Gasteiger partial charge < -0.3 is 24.8 Å². The highest BCUT2D eigenvalue weighted by molar-refractivity contribution is 9.10. The van der Waals surface area contributed by atoms with Crippen LogP contribution in [0.4, 0.5) is 10.3 Å². The number of aliphatic carboxylic acids is 2. The zero-order chi connectivity index (χ0) is 22.8. The van der Waals surface area contributed by atoms with Crippen molar-refractivity contribution in [1.82, 2.24) is 9.55 Å². The predicted octanol–water partition coefficient (Wildman–Crippen LogP) is 3.87. The molecule has 0 aliphatic rings. The zero-order valence-corrected chi connectivity index (χ0v) is 18.2. The van der Waals surface area contributed by atoms with Crippen molar-refractivity contribution in [1.29, 1.82) is 0 Å². The SMILES string of the molecule is COCCn1c(-c2ccc(F)cc2)cnc1NCc1ccc(Br)cc1.O=C(O)C(=O)O. The molecule has 0 amide bonds. The lowest BCUT2D eigenvalue weighted by molar-refractivity contribution is -0.159. The van der Waals surface area contributed by atoms with Crippen LogP contribution in [-0.4, -0.2) is 45.4 Å². The molecule has 0 bridgehead atoms. The van der Waals surface area contributed by atoms with E-state index in [-0.39, 0.29) is 5.82 Å². The Labute approximate surface area is 186 Å². The van der Waals surface area contributed by atoms with Gasteiger partial charge in [-0.15, -0.1) is 0 Å². The van der Waals surface area contributed by atoms with E-state index >= 15 is 0 Å². The lowest BCUT2D eigenvalue weighted by atomic mass is 10.1. The summed E-state index contributed by atoms with van der Waals surface area (Å²) in [6.07, 6.45) is 1.80. The summed E-state index contributed by atoms with van der Waals surface area (Å²) in [5.41, 5.74) is 3.00. The lowest BCUT2D eigenvalue weighted by Gasteiger charge is -2.13. The van der Waals surface area contributed by atoms with Crippen molar-refractivity contribution in [3.63, 3.8) is 0 Å². The van der Waals surface area contributed by atoms with Crippen molar-refractivity contribution in [2.75, 3.05) is 19.0 Å². The first-order valence-corrected chi connectivity index (χ1v) is 9.86. The minimum absolute atomic E-state index is 0.250. The Hall–Kier alpha value is -3.24. The van der Waals surface area contributed by atoms with Crippen LogP contribution in [-0.2, 0) is 27.4 Å². The van der Waals surface area contributed by atoms with Gasteiger partial charge in [0.25, 0.3) is 0 Å². The van der Waals surface area contributed by atoms with Gasteiger partial charge in [0.1, 0.15) is 5.82 Å². The second-order valence-corrected chi connectivity index (χ2v) is 7.12. The highest BCUT2D eigenvalue weighted by Gasteiger charge is 2.12. The van der Waals surface area contributed by atoms with E-state index in [1.165, 1.54) is 12.1 Å². The molecule has 0 radical (unpaired) electrons. The molecule has 0 saturated carbocycles. The summed E-state index contributed by atoms with van der Waals surface area (Å²) in [7, 11) is 1.67. The lowest BCUT2D eigenvalue weighted by Crippen LogP contribution is -2.11. The maximum Gasteiger partial charge on any atom is 0.414 e. The van der Waals surface area contributed by atoms with Gasteiger partial charge in [-0.3, -0.25) is 0 Å². The third-order valence-electron chi connectivity index (χ3n) is 4.06. The molecule has 0 aliphatic carbocycles. The highest BCUT2D eigenvalue weighted by atomic mass is 79.9. The van der Waals surface area contributed by atoms with Crippen LogP contribution < -0.4 is 5.32 Å². The molecule has 2 aromatic carbocycles. The molecule has 3 rings (SSSR count). The molecule has 31 heavy (non-hydrogen) atoms. The second-order valence-electron chi connectivity index (χ2n) is 6.21. The van der Waals surface area contributed by atoms with E-state index in [0.29, 0.717) is 19.7 Å². The van der Waals surface area contributed by atoms with Crippen LogP contribution in [0.2, 0.25) is 0 Å². The number of anilines is 1. The van der Waals surface area contributed by atoms with Crippen molar-refractivity contribution >= 4 is 33.8 Å². The molecule has 10 heteroatoms. The molecule has 0 spiro atoms. The molecular formula is C21H21BrFN3O5. The fourth-order valence-corrected chi connectivity index (χ4v) is 2.82. The number of rotatable bonds is 7. The van der Waals surface area contributed by atoms with Crippen LogP contribution in [0.3, 0.4) is 0 Å². The average Bonchev–Trinajstić information content (AvgIpc) is 3.15. The molecule has 0 unspecified atom stereocenters. The molecular weight excluding hydrogens is 473 g/mol.